The molecule has 2 aliphatic heterocycles. The molecule has 0 aliphatic carbocycles. The second-order valence-electron chi connectivity index (χ2n) is 5.68. The minimum absolute atomic E-state index is 0.327. The van der Waals surface area contributed by atoms with Gasteiger partial charge >= 0.3 is 5.97 Å². The number of fused-ring (bicyclic) bond motifs is 1. The van der Waals surface area contributed by atoms with Crippen LogP contribution in [0, 0.1) is 0 Å². The lowest BCUT2D eigenvalue weighted by Gasteiger charge is -2.43. The summed E-state index contributed by atoms with van der Waals surface area (Å²) >= 11 is 1.40. The zero-order valence-electron chi connectivity index (χ0n) is 12.5. The molecule has 0 saturated carbocycles. The molecule has 8 heteroatoms. The molecule has 118 valence electrons. The molecule has 0 bridgehead atoms. The van der Waals surface area contributed by atoms with E-state index in [4.69, 9.17) is 4.74 Å². The number of carbonyl (C=O) groups is 3. The van der Waals surface area contributed by atoms with Gasteiger partial charge in [0.2, 0.25) is 11.8 Å². The van der Waals surface area contributed by atoms with E-state index in [2.05, 4.69) is 5.32 Å². The summed E-state index contributed by atoms with van der Waals surface area (Å²) in [7, 11) is 0. The van der Waals surface area contributed by atoms with Crippen LogP contribution in [-0.4, -0.2) is 62.7 Å². The largest absolute Gasteiger partial charge is 0.480 e. The van der Waals surface area contributed by atoms with Gasteiger partial charge in [-0.15, -0.1) is 11.8 Å². The van der Waals surface area contributed by atoms with Crippen LogP contribution in [0.4, 0.5) is 0 Å². The van der Waals surface area contributed by atoms with Crippen molar-refractivity contribution in [2.75, 3.05) is 6.61 Å². The minimum atomic E-state index is -1.02. The molecule has 0 aromatic rings. The van der Waals surface area contributed by atoms with Crippen molar-refractivity contribution in [2.45, 2.75) is 56.0 Å². The zero-order chi connectivity index (χ0) is 15.9. The van der Waals surface area contributed by atoms with E-state index in [9.17, 15) is 19.5 Å². The lowest BCUT2D eigenvalue weighted by atomic mass is 9.96. The quantitative estimate of drug-likeness (QED) is 0.696. The highest BCUT2D eigenvalue weighted by atomic mass is 32.2. The molecule has 0 aromatic heterocycles. The van der Waals surface area contributed by atoms with Crippen LogP contribution in [0.15, 0.2) is 0 Å². The number of carbonyl (C=O) groups excluding carboxylic acids is 2. The van der Waals surface area contributed by atoms with Gasteiger partial charge in [0.05, 0.1) is 0 Å². The number of β-lactam (4-membered cyclic amide) rings is 1. The van der Waals surface area contributed by atoms with Crippen LogP contribution in [-0.2, 0) is 19.1 Å². The first-order valence-electron chi connectivity index (χ1n) is 6.85. The average Bonchev–Trinajstić information content (AvgIpc) is 2.64. The van der Waals surface area contributed by atoms with E-state index in [1.807, 2.05) is 0 Å². The summed E-state index contributed by atoms with van der Waals surface area (Å²) in [6.45, 7) is 7.40. The van der Waals surface area contributed by atoms with Gasteiger partial charge < -0.3 is 20.1 Å². The molecular formula is C13H20N2O5S. The lowest BCUT2D eigenvalue weighted by Crippen LogP contribution is -2.71. The summed E-state index contributed by atoms with van der Waals surface area (Å²) in [6.07, 6.45) is -0.633. The van der Waals surface area contributed by atoms with Crippen LogP contribution in [0.5, 0.6) is 0 Å². The van der Waals surface area contributed by atoms with Gasteiger partial charge in [-0.2, -0.15) is 0 Å². The third-order valence-electron chi connectivity index (χ3n) is 3.76. The van der Waals surface area contributed by atoms with Crippen molar-refractivity contribution in [1.82, 2.24) is 10.2 Å². The summed E-state index contributed by atoms with van der Waals surface area (Å²) in [5.41, 5.74) is 0. The molecule has 0 spiro atoms. The molecule has 2 rings (SSSR count). The Morgan fingerprint density at radius 1 is 1.52 bits per heavy atom. The van der Waals surface area contributed by atoms with Crippen molar-refractivity contribution >= 4 is 29.5 Å². The van der Waals surface area contributed by atoms with Gasteiger partial charge in [-0.3, -0.25) is 9.59 Å². The van der Waals surface area contributed by atoms with Crippen molar-refractivity contribution in [1.29, 1.82) is 0 Å². The monoisotopic (exact) mass is 316 g/mol. The van der Waals surface area contributed by atoms with Gasteiger partial charge in [-0.25, -0.2) is 4.79 Å². The summed E-state index contributed by atoms with van der Waals surface area (Å²) in [6, 6.07) is -1.54. The second kappa shape index (κ2) is 5.49. The first-order valence-corrected chi connectivity index (χ1v) is 7.73. The first kappa shape index (κ1) is 16.1. The van der Waals surface area contributed by atoms with E-state index < -0.39 is 28.9 Å². The molecule has 2 N–H and O–H groups in total. The Balaban J connectivity index is 2.06. The molecule has 4 atom stereocenters. The number of ether oxygens (including phenoxy) is 1. The number of amides is 2. The Bertz CT molecular complexity index is 481. The number of rotatable bonds is 5. The van der Waals surface area contributed by atoms with Crippen LogP contribution >= 0.6 is 11.8 Å². The smallest absolute Gasteiger partial charge is 0.327 e. The Kier molecular flexibility index (Phi) is 4.21. The summed E-state index contributed by atoms with van der Waals surface area (Å²) in [5.74, 6) is -1.72. The van der Waals surface area contributed by atoms with E-state index in [0.717, 1.165) is 0 Å². The fourth-order valence-electron chi connectivity index (χ4n) is 2.74. The van der Waals surface area contributed by atoms with E-state index >= 15 is 0 Å². The average molecular weight is 316 g/mol. The molecule has 0 unspecified atom stereocenters. The number of thioether (sulfide) groups is 1. The number of carboxylic acids is 1. The standard InChI is InChI=1S/C13H20N2O5S/c1-5-20-6(2)9(16)14-7-10(17)15-8(12(18)19)13(3,4)21-11(7)15/h6-8,11H,5H2,1-4H3,(H,14,16)(H,18,19)/t6-,7-,8+,11+/m0/s1. The van der Waals surface area contributed by atoms with Crippen molar-refractivity contribution in [3.8, 4) is 0 Å². The summed E-state index contributed by atoms with van der Waals surface area (Å²) < 4.78 is 4.60. The van der Waals surface area contributed by atoms with Crippen LogP contribution in [0.1, 0.15) is 27.7 Å². The van der Waals surface area contributed by atoms with E-state index in [-0.39, 0.29) is 17.2 Å². The maximum atomic E-state index is 12.2. The van der Waals surface area contributed by atoms with Crippen LogP contribution in [0.25, 0.3) is 0 Å². The molecule has 21 heavy (non-hydrogen) atoms. The molecule has 7 nitrogen and oxygen atoms in total. The molecule has 0 aromatic carbocycles. The third kappa shape index (κ3) is 2.62. The number of nitrogens with one attached hydrogen (secondary N) is 1. The Labute approximate surface area is 127 Å². The van der Waals surface area contributed by atoms with Gasteiger partial charge in [-0.05, 0) is 27.7 Å². The number of nitrogens with zero attached hydrogens (tertiary/aromatic N) is 1. The number of carboxylic acid groups (broad SMARTS) is 1. The summed E-state index contributed by atoms with van der Waals surface area (Å²) in [5, 5.41) is 11.6. The summed E-state index contributed by atoms with van der Waals surface area (Å²) in [4.78, 5) is 36.8. The number of hydrogen-bond acceptors (Lipinski definition) is 5. The predicted molar refractivity (Wildman–Crippen MR) is 76.7 cm³/mol. The van der Waals surface area contributed by atoms with Crippen molar-refractivity contribution in [3.05, 3.63) is 0 Å². The molecule has 0 radical (unpaired) electrons. The highest BCUT2D eigenvalue weighted by Crippen LogP contribution is 2.50. The van der Waals surface area contributed by atoms with Gasteiger partial charge in [0.15, 0.2) is 0 Å². The van der Waals surface area contributed by atoms with Gasteiger partial charge in [0.25, 0.3) is 0 Å². The van der Waals surface area contributed by atoms with E-state index in [0.29, 0.717) is 6.61 Å². The van der Waals surface area contributed by atoms with E-state index in [1.54, 1.807) is 27.7 Å². The lowest BCUT2D eigenvalue weighted by molar-refractivity contribution is -0.161. The molecule has 2 aliphatic rings. The normalized spacial score (nSPS) is 31.3. The van der Waals surface area contributed by atoms with Gasteiger partial charge in [0, 0.05) is 11.4 Å². The van der Waals surface area contributed by atoms with Crippen molar-refractivity contribution in [2.24, 2.45) is 0 Å². The van der Waals surface area contributed by atoms with Crippen LogP contribution in [0.2, 0.25) is 0 Å². The van der Waals surface area contributed by atoms with Gasteiger partial charge in [0.1, 0.15) is 23.6 Å². The molecule has 2 amide bonds. The van der Waals surface area contributed by atoms with Crippen LogP contribution in [0.3, 0.4) is 0 Å². The molecular weight excluding hydrogens is 296 g/mol. The number of aliphatic carboxylic acids is 1. The first-order chi connectivity index (χ1) is 9.70. The topological polar surface area (TPSA) is 95.9 Å². The number of hydrogen-bond donors (Lipinski definition) is 2. The highest BCUT2D eigenvalue weighted by molar-refractivity contribution is 8.01. The highest BCUT2D eigenvalue weighted by Gasteiger charge is 2.64. The zero-order valence-corrected chi connectivity index (χ0v) is 13.3. The molecule has 2 saturated heterocycles. The maximum absolute atomic E-state index is 12.2. The Morgan fingerprint density at radius 3 is 2.67 bits per heavy atom. The fraction of sp³-hybridized carbons (Fsp3) is 0.769. The predicted octanol–water partition coefficient (Wildman–Crippen LogP) is 0.0431. The van der Waals surface area contributed by atoms with E-state index in [1.165, 1.54) is 16.7 Å². The maximum Gasteiger partial charge on any atom is 0.327 e. The van der Waals surface area contributed by atoms with Crippen LogP contribution < -0.4 is 5.32 Å². The van der Waals surface area contributed by atoms with Crippen molar-refractivity contribution < 1.29 is 24.2 Å². The second-order valence-corrected chi connectivity index (χ2v) is 7.45. The Hall–Kier alpha value is -1.28. The minimum Gasteiger partial charge on any atom is -0.480 e. The Morgan fingerprint density at radius 2 is 2.14 bits per heavy atom. The SMILES string of the molecule is CCO[C@@H](C)C(=O)N[C@H]1C(=O)N2[C@@H]1SC(C)(C)[C@H]2C(=O)O. The molecule has 2 heterocycles. The fourth-order valence-corrected chi connectivity index (χ4v) is 4.37. The third-order valence-corrected chi connectivity index (χ3v) is 5.33. The van der Waals surface area contributed by atoms with Crippen molar-refractivity contribution in [3.63, 3.8) is 0 Å². The van der Waals surface area contributed by atoms with Gasteiger partial charge in [-0.1, -0.05) is 0 Å². The molecule has 2 fully saturated rings.